The van der Waals surface area contributed by atoms with Crippen LogP contribution < -0.4 is 21.5 Å². The number of hydrogen-bond donors (Lipinski definition) is 3. The number of nitrogens with two attached hydrogens (primary N) is 1. The summed E-state index contributed by atoms with van der Waals surface area (Å²) in [5.41, 5.74) is 11.4. The summed E-state index contributed by atoms with van der Waals surface area (Å²) < 4.78 is 0. The number of hydrogen-bond acceptors (Lipinski definition) is 4. The highest BCUT2D eigenvalue weighted by Crippen LogP contribution is 2.32. The number of nitrogens with zero attached hydrogens (tertiary/aromatic N) is 1. The van der Waals surface area contributed by atoms with Crippen molar-refractivity contribution in [2.24, 2.45) is 5.73 Å². The normalized spacial score (nSPS) is 22.2. The van der Waals surface area contributed by atoms with E-state index in [9.17, 15) is 9.59 Å². The number of fused-ring (bicyclic) bond motifs is 2. The summed E-state index contributed by atoms with van der Waals surface area (Å²) in [5.74, 6) is -0.131. The Labute approximate surface area is 196 Å². The Kier molecular flexibility index (Phi) is 7.33. The van der Waals surface area contributed by atoms with E-state index in [-0.39, 0.29) is 18.0 Å². The van der Waals surface area contributed by atoms with Gasteiger partial charge in [0.2, 0.25) is 0 Å². The first kappa shape index (κ1) is 23.3. The summed E-state index contributed by atoms with van der Waals surface area (Å²) in [6.45, 7) is 5.20. The molecule has 2 heterocycles. The molecule has 6 heteroatoms. The Bertz CT molecular complexity index is 1080. The number of aryl methyl sites for hydroxylation is 2. The Hall–Kier alpha value is -2.86. The van der Waals surface area contributed by atoms with E-state index in [4.69, 9.17) is 5.73 Å². The molecule has 0 saturated heterocycles. The van der Waals surface area contributed by atoms with Crippen LogP contribution in [-0.2, 0) is 19.4 Å². The second-order valence-corrected chi connectivity index (χ2v) is 9.34. The average molecular weight is 449 g/mol. The lowest BCUT2D eigenvalue weighted by molar-refractivity contribution is 0.0950. The summed E-state index contributed by atoms with van der Waals surface area (Å²) >= 11 is 0. The van der Waals surface area contributed by atoms with Crippen LogP contribution in [0.2, 0.25) is 0 Å². The van der Waals surface area contributed by atoms with Crippen molar-refractivity contribution < 1.29 is 4.79 Å². The number of benzene rings is 1. The summed E-state index contributed by atoms with van der Waals surface area (Å²) in [5, 5.41) is 3.02. The van der Waals surface area contributed by atoms with Crippen LogP contribution in [0.1, 0.15) is 71.8 Å². The zero-order valence-corrected chi connectivity index (χ0v) is 19.8. The van der Waals surface area contributed by atoms with Crippen molar-refractivity contribution in [2.45, 2.75) is 77.4 Å². The van der Waals surface area contributed by atoms with Crippen LogP contribution in [0.5, 0.6) is 0 Å². The molecule has 176 valence electrons. The van der Waals surface area contributed by atoms with Gasteiger partial charge in [-0.3, -0.25) is 9.59 Å². The molecule has 0 atom stereocenters. The molecular formula is C27H36N4O2. The van der Waals surface area contributed by atoms with E-state index in [1.54, 1.807) is 0 Å². The second kappa shape index (κ2) is 10.4. The van der Waals surface area contributed by atoms with Gasteiger partial charge in [-0.25, -0.2) is 0 Å². The Morgan fingerprint density at radius 1 is 1.09 bits per heavy atom. The van der Waals surface area contributed by atoms with Gasteiger partial charge in [0.25, 0.3) is 11.5 Å². The van der Waals surface area contributed by atoms with E-state index < -0.39 is 0 Å². The molecule has 0 unspecified atom stereocenters. The van der Waals surface area contributed by atoms with Crippen molar-refractivity contribution in [3.63, 3.8) is 0 Å². The number of carbonyl (C=O) groups excluding carboxylic acids is 1. The molecule has 33 heavy (non-hydrogen) atoms. The minimum atomic E-state index is -0.131. The highest BCUT2D eigenvalue weighted by molar-refractivity contribution is 5.97. The lowest BCUT2D eigenvalue weighted by Crippen LogP contribution is -2.41. The van der Waals surface area contributed by atoms with Crippen LogP contribution in [0.3, 0.4) is 0 Å². The van der Waals surface area contributed by atoms with Gasteiger partial charge in [0.05, 0.1) is 0 Å². The van der Waals surface area contributed by atoms with Gasteiger partial charge in [-0.05, 0) is 88.1 Å². The third kappa shape index (κ3) is 5.22. The van der Waals surface area contributed by atoms with Crippen molar-refractivity contribution in [3.05, 3.63) is 74.7 Å². The standard InChI is InChI=1S/C27H36N4O2/c1-3-31(21-14-12-20(28)13-15-21)25-11-7-10-23-22(25)9-6-4-5-8-19-16-18(2)30-27(33)24(19)17-29-26(23)32/h4,6-7,10-11,16,20-21H,3,5,8-9,12-15,17,28H2,1-2H3,(H,29,32)(H,30,33)/b6-4+. The molecule has 6 nitrogen and oxygen atoms in total. The molecule has 2 aliphatic rings. The molecule has 1 aliphatic carbocycles. The maximum atomic E-state index is 13.3. The Morgan fingerprint density at radius 2 is 1.88 bits per heavy atom. The quantitative estimate of drug-likeness (QED) is 0.624. The van der Waals surface area contributed by atoms with Crippen LogP contribution in [0.4, 0.5) is 5.69 Å². The number of carbonyl (C=O) groups is 1. The number of allylic oxidation sites excluding steroid dienone is 2. The predicted octanol–water partition coefficient (Wildman–Crippen LogP) is 3.75. The van der Waals surface area contributed by atoms with E-state index in [0.29, 0.717) is 29.6 Å². The first-order chi connectivity index (χ1) is 16.0. The first-order valence-corrected chi connectivity index (χ1v) is 12.3. The largest absolute Gasteiger partial charge is 0.369 e. The smallest absolute Gasteiger partial charge is 0.253 e. The molecule has 1 amide bonds. The minimum absolute atomic E-state index is 0.118. The fourth-order valence-corrected chi connectivity index (χ4v) is 5.33. The molecule has 1 aliphatic heterocycles. The van der Waals surface area contributed by atoms with Crippen LogP contribution in [0, 0.1) is 6.92 Å². The van der Waals surface area contributed by atoms with Crippen molar-refractivity contribution in [3.8, 4) is 0 Å². The second-order valence-electron chi connectivity index (χ2n) is 9.34. The van der Waals surface area contributed by atoms with E-state index in [1.165, 1.54) is 0 Å². The fourth-order valence-electron chi connectivity index (χ4n) is 5.33. The summed E-state index contributed by atoms with van der Waals surface area (Å²) in [6, 6.07) is 8.79. The first-order valence-electron chi connectivity index (χ1n) is 12.3. The molecule has 0 bridgehead atoms. The zero-order chi connectivity index (χ0) is 23.4. The average Bonchev–Trinajstić information content (AvgIpc) is 2.79. The van der Waals surface area contributed by atoms with E-state index >= 15 is 0 Å². The highest BCUT2D eigenvalue weighted by Gasteiger charge is 2.26. The summed E-state index contributed by atoms with van der Waals surface area (Å²) in [4.78, 5) is 31.2. The maximum absolute atomic E-state index is 13.3. The molecule has 4 N–H and O–H groups in total. The SMILES string of the molecule is CCN(c1cccc2c1C/C=C/CCc1cc(C)[nH]c(=O)c1CNC2=O)C1CCC(N)CC1. The van der Waals surface area contributed by atoms with Crippen LogP contribution in [0.25, 0.3) is 0 Å². The van der Waals surface area contributed by atoms with E-state index in [0.717, 1.165) is 67.6 Å². The van der Waals surface area contributed by atoms with Gasteiger partial charge in [0.1, 0.15) is 0 Å². The monoisotopic (exact) mass is 448 g/mol. The van der Waals surface area contributed by atoms with Gasteiger partial charge in [-0.1, -0.05) is 18.2 Å². The van der Waals surface area contributed by atoms with Gasteiger partial charge in [0.15, 0.2) is 0 Å². The van der Waals surface area contributed by atoms with Crippen LogP contribution >= 0.6 is 0 Å². The van der Waals surface area contributed by atoms with E-state index in [2.05, 4.69) is 40.3 Å². The number of nitrogens with one attached hydrogen (secondary N) is 2. The van der Waals surface area contributed by atoms with Gasteiger partial charge in [-0.2, -0.15) is 0 Å². The van der Waals surface area contributed by atoms with Crippen molar-refractivity contribution in [2.75, 3.05) is 11.4 Å². The molecule has 1 saturated carbocycles. The van der Waals surface area contributed by atoms with Gasteiger partial charge < -0.3 is 20.9 Å². The van der Waals surface area contributed by atoms with Crippen molar-refractivity contribution >= 4 is 11.6 Å². The van der Waals surface area contributed by atoms with Crippen molar-refractivity contribution in [1.29, 1.82) is 0 Å². The molecule has 1 aromatic heterocycles. The van der Waals surface area contributed by atoms with Crippen LogP contribution in [0.15, 0.2) is 41.2 Å². The lowest BCUT2D eigenvalue weighted by atomic mass is 9.89. The maximum Gasteiger partial charge on any atom is 0.253 e. The Morgan fingerprint density at radius 3 is 2.64 bits per heavy atom. The molecule has 4 rings (SSSR count). The third-order valence-corrected chi connectivity index (χ3v) is 7.09. The number of amides is 1. The number of pyridine rings is 1. The summed E-state index contributed by atoms with van der Waals surface area (Å²) in [6.07, 6.45) is 11.0. The van der Waals surface area contributed by atoms with Gasteiger partial charge in [0, 0.05) is 47.7 Å². The molecular weight excluding hydrogens is 412 g/mol. The number of rotatable bonds is 3. The molecule has 0 radical (unpaired) electrons. The highest BCUT2D eigenvalue weighted by atomic mass is 16.1. The number of H-pyrrole nitrogens is 1. The van der Waals surface area contributed by atoms with Crippen LogP contribution in [-0.4, -0.2) is 29.5 Å². The predicted molar refractivity (Wildman–Crippen MR) is 134 cm³/mol. The van der Waals surface area contributed by atoms with E-state index in [1.807, 2.05) is 25.1 Å². The number of aromatic nitrogens is 1. The topological polar surface area (TPSA) is 91.2 Å². The molecule has 1 aromatic carbocycles. The molecule has 2 aromatic rings. The van der Waals surface area contributed by atoms with Gasteiger partial charge in [-0.15, -0.1) is 0 Å². The van der Waals surface area contributed by atoms with Gasteiger partial charge >= 0.3 is 0 Å². The number of aromatic amines is 1. The lowest BCUT2D eigenvalue weighted by Gasteiger charge is -2.38. The molecule has 0 spiro atoms. The number of anilines is 1. The fraction of sp³-hybridized carbons (Fsp3) is 0.481. The summed E-state index contributed by atoms with van der Waals surface area (Å²) in [7, 11) is 0. The van der Waals surface area contributed by atoms with Crippen molar-refractivity contribution in [1.82, 2.24) is 10.3 Å². The molecule has 1 fully saturated rings. The Balaban J connectivity index is 1.68. The third-order valence-electron chi connectivity index (χ3n) is 7.09. The minimum Gasteiger partial charge on any atom is -0.369 e. The zero-order valence-electron chi connectivity index (χ0n) is 19.8.